The van der Waals surface area contributed by atoms with Crippen LogP contribution in [0.4, 0.5) is 0 Å². The summed E-state index contributed by atoms with van der Waals surface area (Å²) in [5.74, 6) is -2.07. The number of aliphatic carboxylic acids is 1. The summed E-state index contributed by atoms with van der Waals surface area (Å²) in [5.41, 5.74) is 0. The summed E-state index contributed by atoms with van der Waals surface area (Å²) in [6.07, 6.45) is 1.85. The van der Waals surface area contributed by atoms with Gasteiger partial charge in [0.15, 0.2) is 0 Å². The Kier molecular flexibility index (Phi) is 11.8. The number of carboxylic acid groups (broad SMARTS) is 1. The molecule has 2 fully saturated rings. The number of hydrogen-bond acceptors (Lipinski definition) is 7. The molecular formula is C26H37Cl2N5O7S. The van der Waals surface area contributed by atoms with Crippen molar-refractivity contribution in [1.82, 2.24) is 24.7 Å². The van der Waals surface area contributed by atoms with E-state index in [1.807, 2.05) is 14.1 Å². The Hall–Kier alpha value is -2.45. The van der Waals surface area contributed by atoms with Crippen molar-refractivity contribution in [3.63, 3.8) is 0 Å². The summed E-state index contributed by atoms with van der Waals surface area (Å²) in [6, 6.07) is 1.41. The predicted octanol–water partition coefficient (Wildman–Crippen LogP) is 1.41. The summed E-state index contributed by atoms with van der Waals surface area (Å²) in [5, 5.41) is 15.3. The minimum Gasteiger partial charge on any atom is -0.480 e. The number of hydrogen-bond donors (Lipinski definition) is 3. The second kappa shape index (κ2) is 14.6. The number of carboxylic acids is 1. The largest absolute Gasteiger partial charge is 0.480 e. The zero-order valence-electron chi connectivity index (χ0n) is 23.1. The lowest BCUT2D eigenvalue weighted by Gasteiger charge is -2.32. The Balaban J connectivity index is 1.52. The number of halogens is 2. The zero-order chi connectivity index (χ0) is 30.3. The van der Waals surface area contributed by atoms with Gasteiger partial charge >= 0.3 is 5.97 Å². The molecule has 0 aromatic heterocycles. The van der Waals surface area contributed by atoms with Crippen molar-refractivity contribution < 1.29 is 32.7 Å². The van der Waals surface area contributed by atoms with Gasteiger partial charge in [-0.2, -0.15) is 4.31 Å². The van der Waals surface area contributed by atoms with Gasteiger partial charge in [-0.1, -0.05) is 23.2 Å². The van der Waals surface area contributed by atoms with E-state index in [1.165, 1.54) is 18.2 Å². The van der Waals surface area contributed by atoms with Crippen molar-refractivity contribution in [1.29, 1.82) is 0 Å². The quantitative estimate of drug-likeness (QED) is 0.312. The monoisotopic (exact) mass is 633 g/mol. The van der Waals surface area contributed by atoms with Gasteiger partial charge in [-0.15, -0.1) is 0 Å². The molecule has 2 atom stereocenters. The fraction of sp³-hybridized carbons (Fsp3) is 0.615. The van der Waals surface area contributed by atoms with Crippen LogP contribution in [-0.4, -0.2) is 110 Å². The molecule has 41 heavy (non-hydrogen) atoms. The highest BCUT2D eigenvalue weighted by atomic mass is 35.5. The van der Waals surface area contributed by atoms with E-state index in [0.717, 1.165) is 17.1 Å². The van der Waals surface area contributed by atoms with Gasteiger partial charge < -0.3 is 25.5 Å². The summed E-state index contributed by atoms with van der Waals surface area (Å²) in [6.45, 7) is 1.93. The molecule has 12 nitrogen and oxygen atoms in total. The van der Waals surface area contributed by atoms with Crippen LogP contribution in [0.2, 0.25) is 10.0 Å². The van der Waals surface area contributed by atoms with Crippen LogP contribution in [0.15, 0.2) is 23.1 Å². The minimum absolute atomic E-state index is 0.0533. The lowest BCUT2D eigenvalue weighted by atomic mass is 9.96. The van der Waals surface area contributed by atoms with Crippen LogP contribution in [0.25, 0.3) is 0 Å². The number of amides is 3. The number of rotatable bonds is 12. The number of sulfonamides is 1. The molecule has 0 saturated carbocycles. The molecule has 3 rings (SSSR count). The highest BCUT2D eigenvalue weighted by Gasteiger charge is 2.41. The molecule has 3 amide bonds. The third-order valence-electron chi connectivity index (χ3n) is 7.23. The van der Waals surface area contributed by atoms with E-state index in [4.69, 9.17) is 23.2 Å². The number of likely N-dealkylation sites (N-methyl/N-ethyl adjacent to an activating group) is 1. The van der Waals surface area contributed by atoms with Crippen LogP contribution >= 0.6 is 23.2 Å². The Labute approximate surface area is 250 Å². The lowest BCUT2D eigenvalue weighted by Crippen LogP contribution is -2.51. The first-order valence-corrected chi connectivity index (χ1v) is 15.7. The van der Waals surface area contributed by atoms with E-state index in [0.29, 0.717) is 32.6 Å². The highest BCUT2D eigenvalue weighted by Crippen LogP contribution is 2.30. The highest BCUT2D eigenvalue weighted by molar-refractivity contribution is 7.89. The number of nitrogens with zero attached hydrogens (tertiary/aromatic N) is 3. The number of likely N-dealkylation sites (tertiary alicyclic amines) is 1. The molecule has 1 aromatic rings. The SMILES string of the molecule is CN(C)CC(=O)NCC1CCN(C(=O)CC[C@H](NC(=O)[C@@H]2CCCN2S(=O)(=O)c2cc(Cl)cc(Cl)c2)C(=O)O)CC1. The molecule has 0 bridgehead atoms. The number of carbonyl (C=O) groups excluding carboxylic acids is 3. The van der Waals surface area contributed by atoms with E-state index in [-0.39, 0.29) is 58.5 Å². The smallest absolute Gasteiger partial charge is 0.326 e. The third-order valence-corrected chi connectivity index (χ3v) is 9.55. The van der Waals surface area contributed by atoms with Gasteiger partial charge in [0.2, 0.25) is 27.7 Å². The molecule has 2 heterocycles. The molecule has 0 radical (unpaired) electrons. The van der Waals surface area contributed by atoms with E-state index >= 15 is 0 Å². The van der Waals surface area contributed by atoms with Crippen LogP contribution in [0.3, 0.4) is 0 Å². The minimum atomic E-state index is -4.12. The van der Waals surface area contributed by atoms with Crippen LogP contribution in [0, 0.1) is 5.92 Å². The van der Waals surface area contributed by atoms with Gasteiger partial charge in [-0.05, 0) is 70.3 Å². The standard InChI is InChI=1S/C26H37Cl2N5O7S/c1-31(2)16-23(34)29-15-17-7-10-32(11-8-17)24(35)6-5-21(26(37)38)30-25(36)22-4-3-9-33(22)41(39,40)20-13-18(27)12-19(28)14-20/h12-14,17,21-22H,3-11,15-16H2,1-2H3,(H,29,34)(H,30,36)(H,37,38)/t21-,22-/m0/s1. The van der Waals surface area contributed by atoms with E-state index in [1.54, 1.807) is 9.80 Å². The molecule has 0 aliphatic carbocycles. The first-order chi connectivity index (χ1) is 19.3. The first-order valence-electron chi connectivity index (χ1n) is 13.5. The summed E-state index contributed by atoms with van der Waals surface area (Å²) in [7, 11) is -0.490. The summed E-state index contributed by atoms with van der Waals surface area (Å²) in [4.78, 5) is 52.9. The lowest BCUT2D eigenvalue weighted by molar-refractivity contribution is -0.143. The molecule has 2 saturated heterocycles. The van der Waals surface area contributed by atoms with E-state index < -0.39 is 34.0 Å². The molecule has 3 N–H and O–H groups in total. The van der Waals surface area contributed by atoms with Crippen LogP contribution < -0.4 is 10.6 Å². The first kappa shape index (κ1) is 33.1. The Morgan fingerprint density at radius 1 is 1.05 bits per heavy atom. The van der Waals surface area contributed by atoms with E-state index in [9.17, 15) is 32.7 Å². The predicted molar refractivity (Wildman–Crippen MR) is 153 cm³/mol. The second-order valence-electron chi connectivity index (χ2n) is 10.7. The van der Waals surface area contributed by atoms with Crippen molar-refractivity contribution >= 4 is 56.9 Å². The van der Waals surface area contributed by atoms with Crippen molar-refractivity contribution in [2.45, 2.75) is 55.5 Å². The Morgan fingerprint density at radius 3 is 2.27 bits per heavy atom. The normalized spacial score (nSPS) is 19.2. The maximum atomic E-state index is 13.2. The fourth-order valence-electron chi connectivity index (χ4n) is 5.04. The van der Waals surface area contributed by atoms with Crippen molar-refractivity contribution in [2.75, 3.05) is 46.8 Å². The molecule has 2 aliphatic rings. The van der Waals surface area contributed by atoms with Gasteiger partial charge in [-0.25, -0.2) is 13.2 Å². The number of piperidine rings is 1. The summed E-state index contributed by atoms with van der Waals surface area (Å²) < 4.78 is 27.5. The Morgan fingerprint density at radius 2 is 1.68 bits per heavy atom. The third kappa shape index (κ3) is 9.27. The van der Waals surface area contributed by atoms with Gasteiger partial charge in [0, 0.05) is 42.6 Å². The number of nitrogens with one attached hydrogen (secondary N) is 2. The Bertz CT molecular complexity index is 1220. The molecule has 228 valence electrons. The molecule has 0 unspecified atom stereocenters. The van der Waals surface area contributed by atoms with Gasteiger partial charge in [0.1, 0.15) is 12.1 Å². The van der Waals surface area contributed by atoms with Crippen molar-refractivity contribution in [2.24, 2.45) is 5.92 Å². The van der Waals surface area contributed by atoms with Gasteiger partial charge in [0.25, 0.3) is 0 Å². The molecule has 2 aliphatic heterocycles. The van der Waals surface area contributed by atoms with Gasteiger partial charge in [0.05, 0.1) is 11.4 Å². The molecule has 1 aromatic carbocycles. The second-order valence-corrected chi connectivity index (χ2v) is 13.4. The van der Waals surface area contributed by atoms with E-state index in [2.05, 4.69) is 10.6 Å². The van der Waals surface area contributed by atoms with Crippen LogP contribution in [0.5, 0.6) is 0 Å². The summed E-state index contributed by atoms with van der Waals surface area (Å²) >= 11 is 11.9. The molecule has 0 spiro atoms. The van der Waals surface area contributed by atoms with Crippen molar-refractivity contribution in [3.8, 4) is 0 Å². The maximum absolute atomic E-state index is 13.2. The number of benzene rings is 1. The molecular weight excluding hydrogens is 597 g/mol. The number of carbonyl (C=O) groups is 4. The fourth-order valence-corrected chi connectivity index (χ4v) is 7.43. The van der Waals surface area contributed by atoms with Crippen LogP contribution in [0.1, 0.15) is 38.5 Å². The molecule has 15 heteroatoms. The maximum Gasteiger partial charge on any atom is 0.326 e. The average molecular weight is 635 g/mol. The van der Waals surface area contributed by atoms with Crippen LogP contribution in [-0.2, 0) is 29.2 Å². The van der Waals surface area contributed by atoms with Gasteiger partial charge in [-0.3, -0.25) is 14.4 Å². The topological polar surface area (TPSA) is 156 Å². The van der Waals surface area contributed by atoms with Crippen molar-refractivity contribution in [3.05, 3.63) is 28.2 Å². The zero-order valence-corrected chi connectivity index (χ0v) is 25.5. The average Bonchev–Trinajstić information content (AvgIpc) is 3.40.